The maximum absolute atomic E-state index is 12.6. The zero-order valence-corrected chi connectivity index (χ0v) is 17.2. The molecule has 8 heteroatoms. The monoisotopic (exact) mass is 446 g/mol. The highest BCUT2D eigenvalue weighted by Crippen LogP contribution is 2.40. The highest BCUT2D eigenvalue weighted by atomic mass is 79.9. The molecule has 1 fully saturated rings. The number of carbonyl (C=O) groups is 1. The number of furan rings is 1. The van der Waals surface area contributed by atoms with E-state index in [2.05, 4.69) is 36.0 Å². The van der Waals surface area contributed by atoms with Crippen molar-refractivity contribution in [3.05, 3.63) is 58.7 Å². The van der Waals surface area contributed by atoms with Gasteiger partial charge in [0.15, 0.2) is 5.16 Å². The average Bonchev–Trinajstić information content (AvgIpc) is 3.23. The molecule has 1 aliphatic rings. The summed E-state index contributed by atoms with van der Waals surface area (Å²) in [5.41, 5.74) is 0.770. The molecule has 1 saturated carbocycles. The second-order valence-corrected chi connectivity index (χ2v) is 8.76. The van der Waals surface area contributed by atoms with E-state index in [9.17, 15) is 4.79 Å². The summed E-state index contributed by atoms with van der Waals surface area (Å²) < 4.78 is 8.54. The van der Waals surface area contributed by atoms with Crippen molar-refractivity contribution in [1.82, 2.24) is 14.8 Å². The second-order valence-electron chi connectivity index (χ2n) is 6.54. The van der Waals surface area contributed by atoms with Crippen LogP contribution < -0.4 is 5.32 Å². The third-order valence-corrected chi connectivity index (χ3v) is 5.95. The molecule has 0 radical (unpaired) electrons. The lowest BCUT2D eigenvalue weighted by Crippen LogP contribution is -2.23. The van der Waals surface area contributed by atoms with Gasteiger partial charge in [0.2, 0.25) is 5.91 Å². The predicted octanol–water partition coefficient (Wildman–Crippen LogP) is 4.68. The van der Waals surface area contributed by atoms with Gasteiger partial charge in [-0.25, -0.2) is 0 Å². The Bertz CT molecular complexity index is 920. The first-order chi connectivity index (χ1) is 13.1. The number of thioether (sulfide) groups is 1. The first kappa shape index (κ1) is 18.3. The zero-order chi connectivity index (χ0) is 18.8. The van der Waals surface area contributed by atoms with Gasteiger partial charge in [-0.1, -0.05) is 27.7 Å². The van der Waals surface area contributed by atoms with Crippen LogP contribution in [0, 0.1) is 0 Å². The number of rotatable bonds is 7. The first-order valence-corrected chi connectivity index (χ1v) is 10.5. The number of amides is 1. The number of aromatic nitrogens is 3. The molecule has 0 spiro atoms. The maximum atomic E-state index is 12.6. The van der Waals surface area contributed by atoms with Crippen LogP contribution in [0.15, 0.2) is 56.7 Å². The van der Waals surface area contributed by atoms with Crippen LogP contribution in [0.2, 0.25) is 0 Å². The summed E-state index contributed by atoms with van der Waals surface area (Å²) >= 11 is 4.81. The van der Waals surface area contributed by atoms with Gasteiger partial charge in [0, 0.05) is 16.1 Å². The Labute approximate surface area is 169 Å². The molecule has 0 aliphatic heterocycles. The molecule has 1 N–H and O–H groups in total. The fourth-order valence-corrected chi connectivity index (χ4v) is 3.85. The van der Waals surface area contributed by atoms with Crippen LogP contribution in [-0.4, -0.2) is 25.9 Å². The normalized spacial score (nSPS) is 14.9. The summed E-state index contributed by atoms with van der Waals surface area (Å²) in [5.74, 6) is 2.23. The van der Waals surface area contributed by atoms with E-state index < -0.39 is 0 Å². The van der Waals surface area contributed by atoms with Gasteiger partial charge in [0.05, 0.1) is 18.1 Å². The number of hydrogen-bond acceptors (Lipinski definition) is 5. The van der Waals surface area contributed by atoms with Gasteiger partial charge in [-0.3, -0.25) is 9.36 Å². The van der Waals surface area contributed by atoms with E-state index in [1.165, 1.54) is 11.8 Å². The van der Waals surface area contributed by atoms with Crippen LogP contribution in [0.1, 0.15) is 37.3 Å². The third-order valence-electron chi connectivity index (χ3n) is 4.35. The van der Waals surface area contributed by atoms with Crippen molar-refractivity contribution in [2.75, 3.05) is 5.32 Å². The molecule has 1 aromatic carbocycles. The van der Waals surface area contributed by atoms with Crippen molar-refractivity contribution in [2.24, 2.45) is 0 Å². The smallest absolute Gasteiger partial charge is 0.237 e. The summed E-state index contributed by atoms with van der Waals surface area (Å²) in [6, 6.07) is 11.3. The molecular weight excluding hydrogens is 428 g/mol. The van der Waals surface area contributed by atoms with Crippen molar-refractivity contribution in [3.63, 3.8) is 0 Å². The van der Waals surface area contributed by atoms with Gasteiger partial charge in [0.1, 0.15) is 11.6 Å². The summed E-state index contributed by atoms with van der Waals surface area (Å²) in [5, 5.41) is 12.1. The maximum Gasteiger partial charge on any atom is 0.237 e. The lowest BCUT2D eigenvalue weighted by atomic mass is 10.3. The molecule has 1 unspecified atom stereocenters. The van der Waals surface area contributed by atoms with Gasteiger partial charge < -0.3 is 9.73 Å². The predicted molar refractivity (Wildman–Crippen MR) is 108 cm³/mol. The van der Waals surface area contributed by atoms with Crippen LogP contribution in [0.3, 0.4) is 0 Å². The highest BCUT2D eigenvalue weighted by Gasteiger charge is 2.31. The fraction of sp³-hybridized carbons (Fsp3) is 0.316. The number of nitrogens with one attached hydrogen (secondary N) is 1. The minimum atomic E-state index is -0.305. The lowest BCUT2D eigenvalue weighted by molar-refractivity contribution is -0.115. The minimum Gasteiger partial charge on any atom is -0.467 e. The van der Waals surface area contributed by atoms with Crippen molar-refractivity contribution >= 4 is 39.3 Å². The molecule has 0 saturated heterocycles. The van der Waals surface area contributed by atoms with Crippen LogP contribution in [0.25, 0.3) is 0 Å². The number of carbonyl (C=O) groups excluding carboxylic acids is 1. The van der Waals surface area contributed by atoms with E-state index in [1.807, 2.05) is 43.3 Å². The van der Waals surface area contributed by atoms with Crippen LogP contribution >= 0.6 is 27.7 Å². The average molecular weight is 447 g/mol. The summed E-state index contributed by atoms with van der Waals surface area (Å²) in [7, 11) is 0. The molecule has 1 amide bonds. The number of anilines is 1. The van der Waals surface area contributed by atoms with Crippen LogP contribution in [0.4, 0.5) is 5.69 Å². The van der Waals surface area contributed by atoms with Crippen molar-refractivity contribution < 1.29 is 9.21 Å². The Morgan fingerprint density at radius 2 is 2.11 bits per heavy atom. The standard InChI is InChI=1S/C19H19BrN4O2S/c1-12(18(25)21-15-8-6-14(20)7-9-15)27-19-23-22-17(13-4-5-13)24(19)11-16-3-2-10-26-16/h2-3,6-10,12-13H,4-5,11H2,1H3,(H,21,25). The Balaban J connectivity index is 1.47. The van der Waals surface area contributed by atoms with E-state index in [0.29, 0.717) is 12.5 Å². The van der Waals surface area contributed by atoms with Crippen LogP contribution in [-0.2, 0) is 11.3 Å². The molecule has 3 aromatic rings. The first-order valence-electron chi connectivity index (χ1n) is 8.78. The highest BCUT2D eigenvalue weighted by molar-refractivity contribution is 9.10. The topological polar surface area (TPSA) is 73.0 Å². The fourth-order valence-electron chi connectivity index (χ4n) is 2.73. The van der Waals surface area contributed by atoms with E-state index in [1.54, 1.807) is 6.26 Å². The van der Waals surface area contributed by atoms with E-state index >= 15 is 0 Å². The van der Waals surface area contributed by atoms with Gasteiger partial charge in [-0.15, -0.1) is 10.2 Å². The van der Waals surface area contributed by atoms with E-state index in [4.69, 9.17) is 4.42 Å². The zero-order valence-electron chi connectivity index (χ0n) is 14.8. The molecule has 2 aromatic heterocycles. The molecule has 1 atom stereocenters. The minimum absolute atomic E-state index is 0.0668. The quantitative estimate of drug-likeness (QED) is 0.533. The largest absolute Gasteiger partial charge is 0.467 e. The van der Waals surface area contributed by atoms with E-state index in [0.717, 1.165) is 39.7 Å². The molecule has 27 heavy (non-hydrogen) atoms. The third kappa shape index (κ3) is 4.44. The summed E-state index contributed by atoms with van der Waals surface area (Å²) in [6.45, 7) is 2.46. The molecule has 1 aliphatic carbocycles. The molecule has 140 valence electrons. The molecular formula is C19H19BrN4O2S. The SMILES string of the molecule is CC(Sc1nnc(C2CC2)n1Cc1ccco1)C(=O)Nc1ccc(Br)cc1. The van der Waals surface area contributed by atoms with Gasteiger partial charge >= 0.3 is 0 Å². The Morgan fingerprint density at radius 1 is 1.33 bits per heavy atom. The van der Waals surface area contributed by atoms with Crippen molar-refractivity contribution in [3.8, 4) is 0 Å². The molecule has 0 bridgehead atoms. The van der Waals surface area contributed by atoms with Crippen molar-refractivity contribution in [1.29, 1.82) is 0 Å². The Morgan fingerprint density at radius 3 is 2.78 bits per heavy atom. The Hall–Kier alpha value is -2.06. The van der Waals surface area contributed by atoms with Crippen LogP contribution in [0.5, 0.6) is 0 Å². The van der Waals surface area contributed by atoms with Crippen molar-refractivity contribution in [2.45, 2.75) is 42.6 Å². The number of benzene rings is 1. The van der Waals surface area contributed by atoms with Gasteiger partial charge in [0.25, 0.3) is 0 Å². The molecule has 4 rings (SSSR count). The molecule has 6 nitrogen and oxygen atoms in total. The molecule has 2 heterocycles. The number of halogens is 1. The van der Waals surface area contributed by atoms with E-state index in [-0.39, 0.29) is 11.2 Å². The Kier molecular flexibility index (Phi) is 5.36. The van der Waals surface area contributed by atoms with Gasteiger partial charge in [-0.05, 0) is 56.2 Å². The number of nitrogens with zero attached hydrogens (tertiary/aromatic N) is 3. The summed E-state index contributed by atoms with van der Waals surface area (Å²) in [4.78, 5) is 12.6. The second kappa shape index (κ2) is 7.90. The lowest BCUT2D eigenvalue weighted by Gasteiger charge is -2.13. The number of hydrogen-bond donors (Lipinski definition) is 1. The summed E-state index contributed by atoms with van der Waals surface area (Å²) in [6.07, 6.45) is 3.94. The van der Waals surface area contributed by atoms with Gasteiger partial charge in [-0.2, -0.15) is 0 Å².